The summed E-state index contributed by atoms with van der Waals surface area (Å²) in [5.74, 6) is 0.253. The van der Waals surface area contributed by atoms with Gasteiger partial charge in [0.1, 0.15) is 0 Å². The van der Waals surface area contributed by atoms with Crippen LogP contribution < -0.4 is 5.32 Å². The minimum atomic E-state index is -0.369. The van der Waals surface area contributed by atoms with Crippen molar-refractivity contribution in [1.29, 1.82) is 0 Å². The molecule has 0 saturated carbocycles. The van der Waals surface area contributed by atoms with Crippen LogP contribution in [0.5, 0.6) is 0 Å². The van der Waals surface area contributed by atoms with Crippen LogP contribution >= 0.6 is 0 Å². The van der Waals surface area contributed by atoms with Gasteiger partial charge in [-0.2, -0.15) is 0 Å². The Labute approximate surface area is 144 Å². The highest BCUT2D eigenvalue weighted by atomic mass is 16.2. The Morgan fingerprint density at radius 1 is 1.00 bits per heavy atom. The Morgan fingerprint density at radius 3 is 2.17 bits per heavy atom. The lowest BCUT2D eigenvalue weighted by atomic mass is 9.99. The van der Waals surface area contributed by atoms with E-state index in [0.29, 0.717) is 32.7 Å². The highest BCUT2D eigenvalue weighted by Crippen LogP contribution is 2.17. The molecule has 0 aromatic rings. The number of nitrogens with zero attached hydrogens (tertiary/aromatic N) is 3. The summed E-state index contributed by atoms with van der Waals surface area (Å²) < 4.78 is 0. The van der Waals surface area contributed by atoms with E-state index in [9.17, 15) is 14.4 Å². The molecule has 7 heteroatoms. The number of piperidine rings is 1. The largest absolute Gasteiger partial charge is 0.359 e. The summed E-state index contributed by atoms with van der Waals surface area (Å²) in [6, 6.07) is 0. The van der Waals surface area contributed by atoms with Crippen LogP contribution in [-0.4, -0.2) is 85.3 Å². The zero-order valence-electron chi connectivity index (χ0n) is 15.1. The fourth-order valence-electron chi connectivity index (χ4n) is 3.41. The number of rotatable bonds is 3. The maximum absolute atomic E-state index is 12.7. The average Bonchev–Trinajstić information content (AvgIpc) is 2.79. The summed E-state index contributed by atoms with van der Waals surface area (Å²) in [6.07, 6.45) is 2.26. The lowest BCUT2D eigenvalue weighted by Gasteiger charge is -2.32. The summed E-state index contributed by atoms with van der Waals surface area (Å²) in [5.41, 5.74) is 0. The van der Waals surface area contributed by atoms with E-state index in [2.05, 4.69) is 17.1 Å². The van der Waals surface area contributed by atoms with Crippen LogP contribution in [0.4, 0.5) is 0 Å². The van der Waals surface area contributed by atoms with Crippen molar-refractivity contribution < 1.29 is 14.4 Å². The molecule has 0 radical (unpaired) electrons. The Hall–Kier alpha value is -1.63. The van der Waals surface area contributed by atoms with Gasteiger partial charge in [-0.25, -0.2) is 0 Å². The van der Waals surface area contributed by atoms with Crippen LogP contribution in [0.25, 0.3) is 0 Å². The molecule has 1 unspecified atom stereocenters. The van der Waals surface area contributed by atoms with E-state index in [4.69, 9.17) is 0 Å². The standard InChI is InChI=1S/C17H30N4O3/c1-13-4-6-19(7-5-13)12-16(23)21-9-8-20(14(2)22)10-15(11-21)17(24)18-3/h13,15H,4-12H2,1-3H3,(H,18,24). The van der Waals surface area contributed by atoms with Crippen LogP contribution in [0.3, 0.4) is 0 Å². The molecule has 2 rings (SSSR count). The highest BCUT2D eigenvalue weighted by molar-refractivity contribution is 5.83. The number of likely N-dealkylation sites (tertiary alicyclic amines) is 1. The lowest BCUT2D eigenvalue weighted by Crippen LogP contribution is -2.46. The normalized spacial score (nSPS) is 23.7. The second kappa shape index (κ2) is 8.46. The van der Waals surface area contributed by atoms with Gasteiger partial charge in [-0.15, -0.1) is 0 Å². The SMILES string of the molecule is CNC(=O)C1CN(C(C)=O)CCN(C(=O)CN2CCC(C)CC2)C1. The number of nitrogens with one attached hydrogen (secondary N) is 1. The summed E-state index contributed by atoms with van der Waals surface area (Å²) in [6.45, 7) is 7.82. The molecule has 7 nitrogen and oxygen atoms in total. The number of hydrogen-bond donors (Lipinski definition) is 1. The third kappa shape index (κ3) is 4.93. The summed E-state index contributed by atoms with van der Waals surface area (Å²) in [5, 5.41) is 2.64. The first-order valence-corrected chi connectivity index (χ1v) is 8.88. The van der Waals surface area contributed by atoms with Gasteiger partial charge in [0.15, 0.2) is 0 Å². The Kier molecular flexibility index (Phi) is 6.60. The maximum Gasteiger partial charge on any atom is 0.236 e. The molecule has 0 bridgehead atoms. The van der Waals surface area contributed by atoms with E-state index in [0.717, 1.165) is 31.8 Å². The topological polar surface area (TPSA) is 73.0 Å². The number of amides is 3. The molecule has 0 aliphatic carbocycles. The van der Waals surface area contributed by atoms with E-state index < -0.39 is 0 Å². The minimum Gasteiger partial charge on any atom is -0.359 e. The van der Waals surface area contributed by atoms with Gasteiger partial charge in [0.2, 0.25) is 17.7 Å². The number of hydrogen-bond acceptors (Lipinski definition) is 4. The summed E-state index contributed by atoms with van der Waals surface area (Å²) >= 11 is 0. The number of carbonyl (C=O) groups excluding carboxylic acids is 3. The Morgan fingerprint density at radius 2 is 1.58 bits per heavy atom. The molecule has 1 N–H and O–H groups in total. The summed E-state index contributed by atoms with van der Waals surface area (Å²) in [4.78, 5) is 42.1. The molecule has 24 heavy (non-hydrogen) atoms. The van der Waals surface area contributed by atoms with Gasteiger partial charge in [-0.3, -0.25) is 19.3 Å². The van der Waals surface area contributed by atoms with Crippen LogP contribution in [0, 0.1) is 11.8 Å². The number of carbonyl (C=O) groups is 3. The fourth-order valence-corrected chi connectivity index (χ4v) is 3.41. The lowest BCUT2D eigenvalue weighted by molar-refractivity contribution is -0.134. The predicted octanol–water partition coefficient (Wildman–Crippen LogP) is -0.229. The first-order valence-electron chi connectivity index (χ1n) is 8.88. The van der Waals surface area contributed by atoms with Gasteiger partial charge in [0.25, 0.3) is 0 Å². The predicted molar refractivity (Wildman–Crippen MR) is 91.2 cm³/mol. The smallest absolute Gasteiger partial charge is 0.236 e. The third-order valence-electron chi connectivity index (χ3n) is 5.17. The molecular weight excluding hydrogens is 308 g/mol. The third-order valence-corrected chi connectivity index (χ3v) is 5.17. The molecule has 2 fully saturated rings. The van der Waals surface area contributed by atoms with Crippen molar-refractivity contribution in [2.24, 2.45) is 11.8 Å². The van der Waals surface area contributed by atoms with Crippen molar-refractivity contribution in [3.63, 3.8) is 0 Å². The monoisotopic (exact) mass is 338 g/mol. The minimum absolute atomic E-state index is 0.0526. The van der Waals surface area contributed by atoms with E-state index in [1.807, 2.05) is 0 Å². The highest BCUT2D eigenvalue weighted by Gasteiger charge is 2.31. The van der Waals surface area contributed by atoms with E-state index in [1.54, 1.807) is 16.8 Å². The van der Waals surface area contributed by atoms with Crippen molar-refractivity contribution in [2.75, 3.05) is 52.9 Å². The Balaban J connectivity index is 1.98. The van der Waals surface area contributed by atoms with Crippen LogP contribution in [-0.2, 0) is 14.4 Å². The van der Waals surface area contributed by atoms with Crippen LogP contribution in [0.2, 0.25) is 0 Å². The summed E-state index contributed by atoms with van der Waals surface area (Å²) in [7, 11) is 1.59. The second-order valence-corrected chi connectivity index (χ2v) is 7.07. The molecule has 0 aromatic carbocycles. The van der Waals surface area contributed by atoms with Gasteiger partial charge in [0.05, 0.1) is 12.5 Å². The zero-order valence-corrected chi connectivity index (χ0v) is 15.1. The fraction of sp³-hybridized carbons (Fsp3) is 0.824. The maximum atomic E-state index is 12.7. The van der Waals surface area contributed by atoms with E-state index >= 15 is 0 Å². The zero-order chi connectivity index (χ0) is 17.7. The van der Waals surface area contributed by atoms with Crippen molar-refractivity contribution in [3.05, 3.63) is 0 Å². The molecule has 2 heterocycles. The van der Waals surface area contributed by atoms with E-state index in [1.165, 1.54) is 6.92 Å². The van der Waals surface area contributed by atoms with Crippen LogP contribution in [0.1, 0.15) is 26.7 Å². The first-order chi connectivity index (χ1) is 11.4. The van der Waals surface area contributed by atoms with E-state index in [-0.39, 0.29) is 23.6 Å². The van der Waals surface area contributed by atoms with Crippen molar-refractivity contribution in [3.8, 4) is 0 Å². The molecule has 1 atom stereocenters. The molecule has 2 aliphatic rings. The molecule has 0 spiro atoms. The molecular formula is C17H30N4O3. The molecule has 2 aliphatic heterocycles. The molecule has 3 amide bonds. The van der Waals surface area contributed by atoms with Crippen molar-refractivity contribution >= 4 is 17.7 Å². The average molecular weight is 338 g/mol. The van der Waals surface area contributed by atoms with Crippen molar-refractivity contribution in [2.45, 2.75) is 26.7 Å². The van der Waals surface area contributed by atoms with Gasteiger partial charge in [-0.1, -0.05) is 6.92 Å². The first kappa shape index (κ1) is 18.7. The van der Waals surface area contributed by atoms with Gasteiger partial charge < -0.3 is 15.1 Å². The van der Waals surface area contributed by atoms with Gasteiger partial charge in [-0.05, 0) is 31.8 Å². The molecule has 2 saturated heterocycles. The quantitative estimate of drug-likeness (QED) is 0.772. The van der Waals surface area contributed by atoms with Gasteiger partial charge >= 0.3 is 0 Å². The van der Waals surface area contributed by atoms with Crippen LogP contribution in [0.15, 0.2) is 0 Å². The van der Waals surface area contributed by atoms with Gasteiger partial charge in [0, 0.05) is 40.2 Å². The van der Waals surface area contributed by atoms with Crippen molar-refractivity contribution in [1.82, 2.24) is 20.0 Å². The molecule has 136 valence electrons. The second-order valence-electron chi connectivity index (χ2n) is 7.07. The molecule has 0 aromatic heterocycles. The Bertz CT molecular complexity index is 474.